The van der Waals surface area contributed by atoms with E-state index in [0.717, 1.165) is 66.8 Å². The van der Waals surface area contributed by atoms with Crippen molar-refractivity contribution in [2.24, 2.45) is 0 Å². The first-order valence-electron chi connectivity index (χ1n) is 18.9. The number of fused-ring (bicyclic) bond motifs is 3. The molecule has 0 radical (unpaired) electrons. The van der Waals surface area contributed by atoms with Gasteiger partial charge in [0.25, 0.3) is 0 Å². The van der Waals surface area contributed by atoms with Gasteiger partial charge in [0, 0.05) is 38.4 Å². The molecule has 0 spiro atoms. The van der Waals surface area contributed by atoms with Crippen LogP contribution in [0, 0.1) is 0 Å². The fourth-order valence-corrected chi connectivity index (χ4v) is 7.69. The van der Waals surface area contributed by atoms with Gasteiger partial charge in [-0.15, -0.1) is 0 Å². The van der Waals surface area contributed by atoms with Gasteiger partial charge in [-0.1, -0.05) is 194 Å². The van der Waals surface area contributed by atoms with Gasteiger partial charge in [-0.3, -0.25) is 0 Å². The van der Waals surface area contributed by atoms with Gasteiger partial charge in [0.15, 0.2) is 5.82 Å². The molecule has 0 bridgehead atoms. The Bertz CT molecular complexity index is 2920. The first-order valence-corrected chi connectivity index (χ1v) is 18.9. The summed E-state index contributed by atoms with van der Waals surface area (Å²) in [6.45, 7) is 0. The molecule has 0 aliphatic carbocycles. The quantitative estimate of drug-likeness (QED) is 0.154. The predicted molar refractivity (Wildman–Crippen MR) is 233 cm³/mol. The molecule has 0 saturated carbocycles. The van der Waals surface area contributed by atoms with E-state index >= 15 is 0 Å². The fourth-order valence-electron chi connectivity index (χ4n) is 7.69. The molecule has 56 heavy (non-hydrogen) atoms. The molecular weight excluding hydrogens is 679 g/mol. The Balaban J connectivity index is 1.09. The Kier molecular flexibility index (Phi) is 8.51. The second-order valence-electron chi connectivity index (χ2n) is 14.0. The summed E-state index contributed by atoms with van der Waals surface area (Å²) >= 11 is 0. The number of hydrogen-bond acceptors (Lipinski definition) is 3. The summed E-state index contributed by atoms with van der Waals surface area (Å²) in [5.74, 6) is 0.708. The highest BCUT2D eigenvalue weighted by Gasteiger charge is 2.16. The molecule has 0 aliphatic heterocycles. The lowest BCUT2D eigenvalue weighted by molar-refractivity contribution is 1.18. The molecular formula is C53H35N3. The highest BCUT2D eigenvalue weighted by Crippen LogP contribution is 2.40. The van der Waals surface area contributed by atoms with E-state index < -0.39 is 0 Å². The summed E-state index contributed by atoms with van der Waals surface area (Å²) in [6, 6.07) is 74.5. The van der Waals surface area contributed by atoms with Crippen LogP contribution in [0.15, 0.2) is 212 Å². The van der Waals surface area contributed by atoms with Crippen LogP contribution in [0.2, 0.25) is 0 Å². The molecule has 3 nitrogen and oxygen atoms in total. The largest absolute Gasteiger partial charge is 0.247 e. The monoisotopic (exact) mass is 713 g/mol. The summed E-state index contributed by atoms with van der Waals surface area (Å²) in [6.07, 6.45) is 0. The highest BCUT2D eigenvalue weighted by atomic mass is 14.9. The Morgan fingerprint density at radius 1 is 0.268 bits per heavy atom. The molecule has 0 atom stereocenters. The summed E-state index contributed by atoms with van der Waals surface area (Å²) in [5.41, 5.74) is 14.9. The molecule has 0 N–H and O–H groups in total. The molecule has 8 aromatic carbocycles. The molecule has 2 aromatic heterocycles. The van der Waals surface area contributed by atoms with E-state index in [1.54, 1.807) is 0 Å². The van der Waals surface area contributed by atoms with Gasteiger partial charge in [0.2, 0.25) is 0 Å². The maximum Gasteiger partial charge on any atom is 0.160 e. The molecule has 2 heterocycles. The fraction of sp³-hybridized carbons (Fsp3) is 0. The third-order valence-electron chi connectivity index (χ3n) is 10.5. The van der Waals surface area contributed by atoms with Gasteiger partial charge in [0.05, 0.1) is 22.6 Å². The number of benzene rings is 8. The molecule has 0 amide bonds. The normalized spacial score (nSPS) is 11.2. The number of aromatic nitrogens is 3. The first-order chi connectivity index (χ1) is 27.7. The molecule has 10 rings (SSSR count). The number of hydrogen-bond donors (Lipinski definition) is 0. The molecule has 10 aromatic rings. The minimum atomic E-state index is 0.708. The van der Waals surface area contributed by atoms with Gasteiger partial charge >= 0.3 is 0 Å². The van der Waals surface area contributed by atoms with E-state index in [0.29, 0.717) is 5.82 Å². The number of rotatable bonds is 7. The average Bonchev–Trinajstić information content (AvgIpc) is 3.29. The van der Waals surface area contributed by atoms with Crippen LogP contribution in [0.1, 0.15) is 0 Å². The van der Waals surface area contributed by atoms with Gasteiger partial charge in [0.1, 0.15) is 0 Å². The van der Waals surface area contributed by atoms with E-state index in [1.807, 2.05) is 36.4 Å². The highest BCUT2D eigenvalue weighted by molar-refractivity contribution is 6.17. The zero-order valence-electron chi connectivity index (χ0n) is 30.5. The lowest BCUT2D eigenvalue weighted by atomic mass is 9.91. The van der Waals surface area contributed by atoms with Gasteiger partial charge in [-0.05, 0) is 51.6 Å². The molecule has 0 fully saturated rings. The summed E-state index contributed by atoms with van der Waals surface area (Å²) in [5, 5.41) is 3.47. The van der Waals surface area contributed by atoms with Crippen molar-refractivity contribution in [3.63, 3.8) is 0 Å². The van der Waals surface area contributed by atoms with Crippen LogP contribution in [-0.2, 0) is 0 Å². The summed E-state index contributed by atoms with van der Waals surface area (Å²) in [4.78, 5) is 15.4. The SMILES string of the molecule is c1ccc(-c2cccc(-c3cccc4c(-c5ccccc5)nc5cc(-c6ccc(-c7cc(-c8ccccc8)nc(-c8ccccc8)n7)cc6)ccc5c34)c2)cc1. The van der Waals surface area contributed by atoms with Crippen molar-refractivity contribution < 1.29 is 0 Å². The van der Waals surface area contributed by atoms with Crippen molar-refractivity contribution in [1.82, 2.24) is 15.0 Å². The van der Waals surface area contributed by atoms with E-state index in [2.05, 4.69) is 176 Å². The average molecular weight is 714 g/mol. The summed E-state index contributed by atoms with van der Waals surface area (Å²) < 4.78 is 0. The van der Waals surface area contributed by atoms with Crippen LogP contribution >= 0.6 is 0 Å². The topological polar surface area (TPSA) is 38.7 Å². The van der Waals surface area contributed by atoms with Crippen molar-refractivity contribution in [3.8, 4) is 78.5 Å². The maximum absolute atomic E-state index is 5.38. The smallest absolute Gasteiger partial charge is 0.160 e. The van der Waals surface area contributed by atoms with Gasteiger partial charge < -0.3 is 0 Å². The standard InChI is InChI=1S/C53H35N3/c1-5-15-36(16-6-1)42-23-13-24-44(33-42)45-25-14-26-47-51(45)46-32-31-43(34-50(46)54-52(47)40-19-9-3-10-20-40)37-27-29-39(30-28-37)49-35-48(38-17-7-2-8-18-38)55-53(56-49)41-21-11-4-12-22-41/h1-35H. The lowest BCUT2D eigenvalue weighted by Crippen LogP contribution is -1.95. The second-order valence-corrected chi connectivity index (χ2v) is 14.0. The maximum atomic E-state index is 5.38. The molecule has 262 valence electrons. The Hall–Kier alpha value is -7.49. The third kappa shape index (κ3) is 6.31. The second kappa shape index (κ2) is 14.4. The van der Waals surface area contributed by atoms with Gasteiger partial charge in [-0.25, -0.2) is 15.0 Å². The molecule has 3 heteroatoms. The van der Waals surface area contributed by atoms with Crippen LogP contribution in [0.25, 0.3) is 100 Å². The molecule has 0 saturated heterocycles. The Morgan fingerprint density at radius 2 is 0.750 bits per heavy atom. The van der Waals surface area contributed by atoms with Crippen molar-refractivity contribution >= 4 is 21.7 Å². The Morgan fingerprint density at radius 3 is 1.43 bits per heavy atom. The van der Waals surface area contributed by atoms with E-state index in [-0.39, 0.29) is 0 Å². The van der Waals surface area contributed by atoms with E-state index in [1.165, 1.54) is 27.6 Å². The zero-order valence-corrected chi connectivity index (χ0v) is 30.5. The minimum absolute atomic E-state index is 0.708. The van der Waals surface area contributed by atoms with E-state index in [9.17, 15) is 0 Å². The van der Waals surface area contributed by atoms with Crippen molar-refractivity contribution in [1.29, 1.82) is 0 Å². The van der Waals surface area contributed by atoms with Gasteiger partial charge in [-0.2, -0.15) is 0 Å². The van der Waals surface area contributed by atoms with Crippen LogP contribution in [-0.4, -0.2) is 15.0 Å². The van der Waals surface area contributed by atoms with Crippen molar-refractivity contribution in [2.45, 2.75) is 0 Å². The zero-order chi connectivity index (χ0) is 37.3. The van der Waals surface area contributed by atoms with Crippen LogP contribution < -0.4 is 0 Å². The van der Waals surface area contributed by atoms with E-state index in [4.69, 9.17) is 15.0 Å². The third-order valence-corrected chi connectivity index (χ3v) is 10.5. The summed E-state index contributed by atoms with van der Waals surface area (Å²) in [7, 11) is 0. The van der Waals surface area contributed by atoms with Crippen LogP contribution in [0.4, 0.5) is 0 Å². The molecule has 0 aliphatic rings. The minimum Gasteiger partial charge on any atom is -0.247 e. The molecule has 0 unspecified atom stereocenters. The van der Waals surface area contributed by atoms with Crippen LogP contribution in [0.5, 0.6) is 0 Å². The van der Waals surface area contributed by atoms with Crippen molar-refractivity contribution in [2.75, 3.05) is 0 Å². The Labute approximate surface area is 326 Å². The number of pyridine rings is 1. The first kappa shape index (κ1) is 33.1. The predicted octanol–water partition coefficient (Wildman–Crippen LogP) is 13.8. The van der Waals surface area contributed by atoms with Crippen molar-refractivity contribution in [3.05, 3.63) is 212 Å². The number of nitrogens with zero attached hydrogens (tertiary/aromatic N) is 3. The van der Waals surface area contributed by atoms with Crippen LogP contribution in [0.3, 0.4) is 0 Å². The lowest BCUT2D eigenvalue weighted by Gasteiger charge is -2.16.